The molecule has 5 heteroatoms. The molecule has 0 aliphatic carbocycles. The Morgan fingerprint density at radius 1 is 1.17 bits per heavy atom. The van der Waals surface area contributed by atoms with Crippen molar-refractivity contribution in [2.75, 3.05) is 6.61 Å². The van der Waals surface area contributed by atoms with Crippen LogP contribution in [-0.2, 0) is 14.3 Å². The summed E-state index contributed by atoms with van der Waals surface area (Å²) in [6.07, 6.45) is 0.986. The summed E-state index contributed by atoms with van der Waals surface area (Å²) in [7, 11) is 0. The molecule has 0 aromatic heterocycles. The summed E-state index contributed by atoms with van der Waals surface area (Å²) >= 11 is 5.92. The monoisotopic (exact) mass is 354 g/mol. The van der Waals surface area contributed by atoms with Gasteiger partial charge in [-0.15, -0.1) is 0 Å². The number of rotatable bonds is 7. The van der Waals surface area contributed by atoms with Gasteiger partial charge in [0.15, 0.2) is 0 Å². The first-order valence-electron chi connectivity index (χ1n) is 8.19. The van der Waals surface area contributed by atoms with E-state index in [-0.39, 0.29) is 30.1 Å². The topological polar surface area (TPSA) is 52.6 Å². The number of esters is 2. The van der Waals surface area contributed by atoms with E-state index in [1.807, 2.05) is 6.92 Å². The molecule has 0 saturated carbocycles. The Hall–Kier alpha value is -1.55. The zero-order valence-electron chi connectivity index (χ0n) is 15.1. The number of carbonyl (C=O) groups is 2. The van der Waals surface area contributed by atoms with Crippen LogP contribution >= 0.6 is 11.6 Å². The van der Waals surface area contributed by atoms with Crippen molar-refractivity contribution in [3.8, 4) is 5.75 Å². The van der Waals surface area contributed by atoms with Crippen LogP contribution in [0.5, 0.6) is 5.75 Å². The van der Waals surface area contributed by atoms with E-state index in [1.54, 1.807) is 18.2 Å². The molecule has 0 fully saturated rings. The number of carbonyl (C=O) groups excluding carboxylic acids is 2. The SMILES string of the molecule is Cc1cc(OC(=O)CCC(=O)OCC(C)CC(C)(C)C)ccc1Cl. The molecule has 0 aliphatic rings. The third-order valence-electron chi connectivity index (χ3n) is 3.38. The van der Waals surface area contributed by atoms with Gasteiger partial charge in [0.1, 0.15) is 5.75 Å². The number of hydrogen-bond acceptors (Lipinski definition) is 4. The first kappa shape index (κ1) is 20.5. The molecule has 24 heavy (non-hydrogen) atoms. The van der Waals surface area contributed by atoms with E-state index in [0.717, 1.165) is 12.0 Å². The zero-order chi connectivity index (χ0) is 18.3. The van der Waals surface area contributed by atoms with Crippen molar-refractivity contribution in [3.05, 3.63) is 28.8 Å². The van der Waals surface area contributed by atoms with Crippen molar-refractivity contribution in [2.45, 2.75) is 53.9 Å². The van der Waals surface area contributed by atoms with E-state index < -0.39 is 5.97 Å². The Bertz CT molecular complexity index is 575. The average Bonchev–Trinajstić information content (AvgIpc) is 2.45. The minimum absolute atomic E-state index is 0.00579. The molecule has 1 aromatic carbocycles. The van der Waals surface area contributed by atoms with Crippen LogP contribution in [0.4, 0.5) is 0 Å². The van der Waals surface area contributed by atoms with Crippen molar-refractivity contribution >= 4 is 23.5 Å². The fourth-order valence-electron chi connectivity index (χ4n) is 2.48. The zero-order valence-corrected chi connectivity index (χ0v) is 15.9. The van der Waals surface area contributed by atoms with E-state index in [2.05, 4.69) is 27.7 Å². The molecule has 1 aromatic rings. The van der Waals surface area contributed by atoms with Gasteiger partial charge < -0.3 is 9.47 Å². The van der Waals surface area contributed by atoms with Gasteiger partial charge >= 0.3 is 11.9 Å². The fraction of sp³-hybridized carbons (Fsp3) is 0.579. The predicted molar refractivity (Wildman–Crippen MR) is 95.3 cm³/mol. The first-order valence-corrected chi connectivity index (χ1v) is 8.57. The van der Waals surface area contributed by atoms with Crippen molar-refractivity contribution in [1.29, 1.82) is 0 Å². The summed E-state index contributed by atoms with van der Waals surface area (Å²) in [5.74, 6) is -0.122. The Morgan fingerprint density at radius 3 is 2.38 bits per heavy atom. The van der Waals surface area contributed by atoms with Gasteiger partial charge in [-0.3, -0.25) is 9.59 Å². The van der Waals surface area contributed by atoms with Crippen LogP contribution in [0.1, 0.15) is 52.5 Å². The van der Waals surface area contributed by atoms with Gasteiger partial charge in [0.25, 0.3) is 0 Å². The number of hydrogen-bond donors (Lipinski definition) is 0. The molecule has 1 rings (SSSR count). The van der Waals surface area contributed by atoms with Crippen molar-refractivity contribution in [1.82, 2.24) is 0 Å². The maximum absolute atomic E-state index is 11.8. The van der Waals surface area contributed by atoms with E-state index in [9.17, 15) is 9.59 Å². The standard InChI is InChI=1S/C19H27ClO4/c1-13(11-19(3,4)5)12-23-17(21)8-9-18(22)24-15-6-7-16(20)14(2)10-15/h6-7,10,13H,8-9,11-12H2,1-5H3. The van der Waals surface area contributed by atoms with Gasteiger partial charge in [-0.1, -0.05) is 39.3 Å². The molecule has 1 unspecified atom stereocenters. The largest absolute Gasteiger partial charge is 0.465 e. The summed E-state index contributed by atoms with van der Waals surface area (Å²) in [4.78, 5) is 23.5. The molecule has 0 bridgehead atoms. The second-order valence-corrected chi connectivity index (χ2v) is 7.85. The highest BCUT2D eigenvalue weighted by Gasteiger charge is 2.17. The van der Waals surface area contributed by atoms with Crippen LogP contribution in [0.15, 0.2) is 18.2 Å². The van der Waals surface area contributed by atoms with Crippen molar-refractivity contribution in [2.24, 2.45) is 11.3 Å². The molecular formula is C19H27ClO4. The number of aryl methyl sites for hydroxylation is 1. The maximum Gasteiger partial charge on any atom is 0.311 e. The van der Waals surface area contributed by atoms with Crippen LogP contribution in [-0.4, -0.2) is 18.5 Å². The Morgan fingerprint density at radius 2 is 1.79 bits per heavy atom. The van der Waals surface area contributed by atoms with Crippen LogP contribution in [0.2, 0.25) is 5.02 Å². The fourth-order valence-corrected chi connectivity index (χ4v) is 2.60. The highest BCUT2D eigenvalue weighted by molar-refractivity contribution is 6.31. The van der Waals surface area contributed by atoms with Gasteiger partial charge in [0.05, 0.1) is 19.4 Å². The van der Waals surface area contributed by atoms with Gasteiger partial charge in [-0.25, -0.2) is 0 Å². The lowest BCUT2D eigenvalue weighted by Gasteiger charge is -2.22. The van der Waals surface area contributed by atoms with Gasteiger partial charge in [0, 0.05) is 5.02 Å². The lowest BCUT2D eigenvalue weighted by Crippen LogP contribution is -2.18. The molecule has 0 amide bonds. The van der Waals surface area contributed by atoms with Crippen LogP contribution in [0, 0.1) is 18.3 Å². The van der Waals surface area contributed by atoms with E-state index in [1.165, 1.54) is 0 Å². The second-order valence-electron chi connectivity index (χ2n) is 7.44. The summed E-state index contributed by atoms with van der Waals surface area (Å²) in [5.41, 5.74) is 1.03. The lowest BCUT2D eigenvalue weighted by molar-refractivity contribution is -0.148. The summed E-state index contributed by atoms with van der Waals surface area (Å²) in [6.45, 7) is 10.7. The minimum atomic E-state index is -0.462. The highest BCUT2D eigenvalue weighted by atomic mass is 35.5. The molecule has 0 aliphatic heterocycles. The minimum Gasteiger partial charge on any atom is -0.465 e. The summed E-state index contributed by atoms with van der Waals surface area (Å²) in [6, 6.07) is 4.98. The maximum atomic E-state index is 11.8. The first-order chi connectivity index (χ1) is 11.1. The lowest BCUT2D eigenvalue weighted by atomic mass is 9.86. The third-order valence-corrected chi connectivity index (χ3v) is 3.81. The molecule has 4 nitrogen and oxygen atoms in total. The predicted octanol–water partition coefficient (Wildman–Crippen LogP) is 4.95. The van der Waals surface area contributed by atoms with E-state index in [0.29, 0.717) is 17.4 Å². The quantitative estimate of drug-likeness (QED) is 0.513. The Labute approximate surface area is 149 Å². The number of ether oxygens (including phenoxy) is 2. The molecule has 0 saturated heterocycles. The number of halogens is 1. The molecule has 0 N–H and O–H groups in total. The van der Waals surface area contributed by atoms with E-state index in [4.69, 9.17) is 21.1 Å². The normalized spacial score (nSPS) is 12.6. The molecular weight excluding hydrogens is 328 g/mol. The van der Waals surface area contributed by atoms with Gasteiger partial charge in [0.2, 0.25) is 0 Å². The van der Waals surface area contributed by atoms with Crippen LogP contribution < -0.4 is 4.74 Å². The van der Waals surface area contributed by atoms with Crippen LogP contribution in [0.3, 0.4) is 0 Å². The Kier molecular flexibility index (Phi) is 7.74. The molecule has 0 radical (unpaired) electrons. The Balaban J connectivity index is 2.31. The van der Waals surface area contributed by atoms with Crippen molar-refractivity contribution < 1.29 is 19.1 Å². The van der Waals surface area contributed by atoms with Gasteiger partial charge in [-0.2, -0.15) is 0 Å². The van der Waals surface area contributed by atoms with E-state index >= 15 is 0 Å². The summed E-state index contributed by atoms with van der Waals surface area (Å²) in [5, 5.41) is 0.614. The number of benzene rings is 1. The van der Waals surface area contributed by atoms with Crippen LogP contribution in [0.25, 0.3) is 0 Å². The smallest absolute Gasteiger partial charge is 0.311 e. The molecule has 0 heterocycles. The third kappa shape index (κ3) is 8.34. The summed E-state index contributed by atoms with van der Waals surface area (Å²) < 4.78 is 10.4. The molecule has 0 spiro atoms. The highest BCUT2D eigenvalue weighted by Crippen LogP contribution is 2.24. The molecule has 1 atom stereocenters. The average molecular weight is 355 g/mol. The van der Waals surface area contributed by atoms with Gasteiger partial charge in [-0.05, 0) is 48.4 Å². The molecule has 134 valence electrons. The second kappa shape index (κ2) is 9.07. The van der Waals surface area contributed by atoms with Crippen molar-refractivity contribution in [3.63, 3.8) is 0 Å².